The highest BCUT2D eigenvalue weighted by Crippen LogP contribution is 2.28. The number of nitrogens with zero attached hydrogens (tertiary/aromatic N) is 2. The molecule has 0 saturated heterocycles. The van der Waals surface area contributed by atoms with Gasteiger partial charge in [-0.3, -0.25) is 4.79 Å². The number of aromatic nitrogens is 3. The Morgan fingerprint density at radius 3 is 2.56 bits per heavy atom. The molecule has 0 aliphatic heterocycles. The fourth-order valence-corrected chi connectivity index (χ4v) is 3.08. The summed E-state index contributed by atoms with van der Waals surface area (Å²) < 4.78 is 15.1. The lowest BCUT2D eigenvalue weighted by atomic mass is 10.1. The van der Waals surface area contributed by atoms with E-state index in [0.717, 1.165) is 23.2 Å². The lowest BCUT2D eigenvalue weighted by Crippen LogP contribution is -2.21. The number of halogens is 1. The first-order valence-electron chi connectivity index (χ1n) is 8.84. The van der Waals surface area contributed by atoms with Crippen LogP contribution in [0.15, 0.2) is 65.5 Å². The molecule has 2 N–H and O–H groups in total. The van der Waals surface area contributed by atoms with Gasteiger partial charge in [-0.15, -0.1) is 0 Å². The number of nitrogens with one attached hydrogen (secondary N) is 2. The average Bonchev–Trinajstić information content (AvgIpc) is 3.05. The largest absolute Gasteiger partial charge is 0.313 e. The second kappa shape index (κ2) is 7.17. The number of benzene rings is 2. The molecule has 6 heteroatoms. The van der Waals surface area contributed by atoms with E-state index in [-0.39, 0.29) is 11.4 Å². The molecule has 0 unspecified atom stereocenters. The fourth-order valence-electron chi connectivity index (χ4n) is 3.08. The Kier molecular flexibility index (Phi) is 4.56. The Morgan fingerprint density at radius 1 is 1.11 bits per heavy atom. The van der Waals surface area contributed by atoms with Gasteiger partial charge in [-0.2, -0.15) is 5.10 Å². The molecular weight excluding hydrogens is 343 g/mol. The van der Waals surface area contributed by atoms with Crippen LogP contribution in [0.25, 0.3) is 28.0 Å². The van der Waals surface area contributed by atoms with Crippen LogP contribution in [0.2, 0.25) is 0 Å². The zero-order valence-corrected chi connectivity index (χ0v) is 14.9. The van der Waals surface area contributed by atoms with Crippen LogP contribution in [0.5, 0.6) is 0 Å². The fraction of sp³-hybridized carbons (Fsp3) is 0.143. The molecular formula is C21H19FN4O. The van der Waals surface area contributed by atoms with E-state index in [1.165, 1.54) is 12.1 Å². The van der Waals surface area contributed by atoms with Crippen molar-refractivity contribution in [3.63, 3.8) is 0 Å². The Morgan fingerprint density at radius 2 is 1.85 bits per heavy atom. The Bertz CT molecular complexity index is 1130. The van der Waals surface area contributed by atoms with Crippen LogP contribution in [0, 0.1) is 5.82 Å². The van der Waals surface area contributed by atoms with Crippen molar-refractivity contribution >= 4 is 11.0 Å². The SMILES string of the molecule is CCNCc1cc2c(-c3ccc(F)cc3)nn(-c3ccccc3)c2[nH]c1=O. The van der Waals surface area contributed by atoms with E-state index in [1.807, 2.05) is 43.3 Å². The molecule has 2 aromatic carbocycles. The lowest BCUT2D eigenvalue weighted by Gasteiger charge is -2.04. The van der Waals surface area contributed by atoms with Crippen molar-refractivity contribution in [3.05, 3.63) is 82.4 Å². The summed E-state index contributed by atoms with van der Waals surface area (Å²) in [7, 11) is 0. The summed E-state index contributed by atoms with van der Waals surface area (Å²) in [6.45, 7) is 3.23. The molecule has 136 valence electrons. The molecule has 0 atom stereocenters. The van der Waals surface area contributed by atoms with Crippen LogP contribution in [0.3, 0.4) is 0 Å². The highest BCUT2D eigenvalue weighted by molar-refractivity contribution is 5.92. The molecule has 4 rings (SSSR count). The molecule has 0 aliphatic carbocycles. The summed E-state index contributed by atoms with van der Waals surface area (Å²) in [5.74, 6) is -0.299. The summed E-state index contributed by atoms with van der Waals surface area (Å²) in [5, 5.41) is 8.72. The van der Waals surface area contributed by atoms with Crippen molar-refractivity contribution in [1.82, 2.24) is 20.1 Å². The number of aromatic amines is 1. The predicted molar refractivity (Wildman–Crippen MR) is 104 cm³/mol. The molecule has 2 heterocycles. The molecule has 0 amide bonds. The molecule has 0 radical (unpaired) electrons. The van der Waals surface area contributed by atoms with E-state index in [9.17, 15) is 9.18 Å². The van der Waals surface area contributed by atoms with Gasteiger partial charge in [-0.25, -0.2) is 9.07 Å². The van der Waals surface area contributed by atoms with Crippen LogP contribution in [-0.2, 0) is 6.54 Å². The highest BCUT2D eigenvalue weighted by atomic mass is 19.1. The summed E-state index contributed by atoms with van der Waals surface area (Å²) in [5.41, 5.74) is 3.43. The van der Waals surface area contributed by atoms with Gasteiger partial charge in [0.2, 0.25) is 0 Å². The molecule has 0 aliphatic rings. The van der Waals surface area contributed by atoms with E-state index < -0.39 is 0 Å². The maximum Gasteiger partial charge on any atom is 0.254 e. The summed E-state index contributed by atoms with van der Waals surface area (Å²) in [4.78, 5) is 15.5. The van der Waals surface area contributed by atoms with Crippen molar-refractivity contribution in [3.8, 4) is 16.9 Å². The van der Waals surface area contributed by atoms with E-state index in [0.29, 0.717) is 23.4 Å². The molecule has 0 bridgehead atoms. The Hall–Kier alpha value is -3.25. The minimum absolute atomic E-state index is 0.147. The quantitative estimate of drug-likeness (QED) is 0.570. The van der Waals surface area contributed by atoms with Crippen LogP contribution < -0.4 is 10.9 Å². The second-order valence-electron chi connectivity index (χ2n) is 6.27. The zero-order valence-electron chi connectivity index (χ0n) is 14.9. The predicted octanol–water partition coefficient (Wildman–Crippen LogP) is 3.63. The molecule has 0 saturated carbocycles. The second-order valence-corrected chi connectivity index (χ2v) is 6.27. The van der Waals surface area contributed by atoms with Gasteiger partial charge in [0.1, 0.15) is 17.2 Å². The van der Waals surface area contributed by atoms with Gasteiger partial charge >= 0.3 is 0 Å². The Balaban J connectivity index is 1.98. The summed E-state index contributed by atoms with van der Waals surface area (Å²) >= 11 is 0. The molecule has 4 aromatic rings. The van der Waals surface area contributed by atoms with E-state index in [1.54, 1.807) is 16.8 Å². The van der Waals surface area contributed by atoms with Crippen LogP contribution in [-0.4, -0.2) is 21.3 Å². The van der Waals surface area contributed by atoms with Gasteiger partial charge in [0.05, 0.1) is 5.69 Å². The normalized spacial score (nSPS) is 11.2. The van der Waals surface area contributed by atoms with Gasteiger partial charge in [0.15, 0.2) is 0 Å². The van der Waals surface area contributed by atoms with Crippen LogP contribution >= 0.6 is 0 Å². The minimum Gasteiger partial charge on any atom is -0.313 e. The van der Waals surface area contributed by atoms with Gasteiger partial charge in [0.25, 0.3) is 5.56 Å². The van der Waals surface area contributed by atoms with Gasteiger partial charge in [-0.05, 0) is 49.0 Å². The first-order valence-corrected chi connectivity index (χ1v) is 8.84. The number of H-pyrrole nitrogens is 1. The third kappa shape index (κ3) is 3.27. The Labute approximate surface area is 155 Å². The zero-order chi connectivity index (χ0) is 18.8. The van der Waals surface area contributed by atoms with Crippen molar-refractivity contribution in [2.75, 3.05) is 6.54 Å². The first-order chi connectivity index (χ1) is 13.2. The number of fused-ring (bicyclic) bond motifs is 1. The van der Waals surface area contributed by atoms with Crippen molar-refractivity contribution in [1.29, 1.82) is 0 Å². The summed E-state index contributed by atoms with van der Waals surface area (Å²) in [6, 6.07) is 17.7. The average molecular weight is 362 g/mol. The number of rotatable bonds is 5. The highest BCUT2D eigenvalue weighted by Gasteiger charge is 2.16. The van der Waals surface area contributed by atoms with Gasteiger partial charge in [-0.1, -0.05) is 25.1 Å². The lowest BCUT2D eigenvalue weighted by molar-refractivity contribution is 0.628. The maximum atomic E-state index is 13.4. The topological polar surface area (TPSA) is 62.7 Å². The van der Waals surface area contributed by atoms with Crippen LogP contribution in [0.4, 0.5) is 4.39 Å². The smallest absolute Gasteiger partial charge is 0.254 e. The number of hydrogen-bond donors (Lipinski definition) is 2. The number of hydrogen-bond acceptors (Lipinski definition) is 3. The van der Waals surface area contributed by atoms with E-state index in [2.05, 4.69) is 10.3 Å². The molecule has 5 nitrogen and oxygen atoms in total. The number of para-hydroxylation sites is 1. The van der Waals surface area contributed by atoms with E-state index >= 15 is 0 Å². The van der Waals surface area contributed by atoms with Crippen molar-refractivity contribution < 1.29 is 4.39 Å². The molecule has 0 spiro atoms. The van der Waals surface area contributed by atoms with Gasteiger partial charge in [0, 0.05) is 23.1 Å². The van der Waals surface area contributed by atoms with Crippen molar-refractivity contribution in [2.24, 2.45) is 0 Å². The monoisotopic (exact) mass is 362 g/mol. The van der Waals surface area contributed by atoms with Crippen LogP contribution in [0.1, 0.15) is 12.5 Å². The van der Waals surface area contributed by atoms with E-state index in [4.69, 9.17) is 5.10 Å². The third-order valence-electron chi connectivity index (χ3n) is 4.45. The minimum atomic E-state index is -0.299. The third-order valence-corrected chi connectivity index (χ3v) is 4.45. The molecule has 2 aromatic heterocycles. The number of pyridine rings is 1. The van der Waals surface area contributed by atoms with Crippen molar-refractivity contribution in [2.45, 2.75) is 13.5 Å². The first kappa shape index (κ1) is 17.2. The molecule has 0 fully saturated rings. The van der Waals surface area contributed by atoms with Gasteiger partial charge < -0.3 is 10.3 Å². The summed E-state index contributed by atoms with van der Waals surface area (Å²) in [6.07, 6.45) is 0. The maximum absolute atomic E-state index is 13.4. The standard InChI is InChI=1S/C21H19FN4O/c1-2-23-13-15-12-18-19(14-8-10-16(22)11-9-14)25-26(20(18)24-21(15)27)17-6-4-3-5-7-17/h3-12,23H,2,13H2,1H3,(H,24,27). The molecule has 27 heavy (non-hydrogen) atoms.